The highest BCUT2D eigenvalue weighted by Gasteiger charge is 2.20. The van der Waals surface area contributed by atoms with Gasteiger partial charge in [-0.3, -0.25) is 0 Å². The van der Waals surface area contributed by atoms with Crippen LogP contribution in [0.1, 0.15) is 0 Å². The number of rotatable bonds is 6. The van der Waals surface area contributed by atoms with Gasteiger partial charge >= 0.3 is 0 Å². The summed E-state index contributed by atoms with van der Waals surface area (Å²) in [6.07, 6.45) is 8.61. The van der Waals surface area contributed by atoms with Crippen molar-refractivity contribution in [2.45, 2.75) is 0 Å². The minimum Gasteiger partial charge on any atom is -0.486 e. The number of hydrogen-bond donors (Lipinski definition) is 2. The lowest BCUT2D eigenvalue weighted by molar-refractivity contribution is 0.292. The van der Waals surface area contributed by atoms with Crippen LogP contribution in [0.25, 0.3) is 0 Å². The Morgan fingerprint density at radius 3 is 2.58 bits per heavy atom. The van der Waals surface area contributed by atoms with E-state index in [1.807, 2.05) is 11.0 Å². The van der Waals surface area contributed by atoms with Crippen LogP contribution in [0.3, 0.4) is 0 Å². The van der Waals surface area contributed by atoms with Crippen molar-refractivity contribution < 1.29 is 9.94 Å². The van der Waals surface area contributed by atoms with Crippen molar-refractivity contribution in [3.05, 3.63) is 49.4 Å². The van der Waals surface area contributed by atoms with Gasteiger partial charge in [0.05, 0.1) is 12.4 Å². The number of oxime groups is 1. The van der Waals surface area contributed by atoms with E-state index in [0.29, 0.717) is 44.5 Å². The molecule has 0 atom stereocenters. The van der Waals surface area contributed by atoms with Gasteiger partial charge < -0.3 is 25.5 Å². The zero-order valence-electron chi connectivity index (χ0n) is 13.5. The molecule has 1 fully saturated rings. The molecular weight excluding hydrogens is 308 g/mol. The Morgan fingerprint density at radius 1 is 1.33 bits per heavy atom. The van der Waals surface area contributed by atoms with Crippen molar-refractivity contribution in [1.82, 2.24) is 14.9 Å². The Balaban J connectivity index is 1.85. The SMILES string of the molecule is C=C/C=C\C(=C)COc1cnc(N2CCN(/C(N)=N/O)CC2)nc1. The van der Waals surface area contributed by atoms with Crippen LogP contribution in [0.4, 0.5) is 5.95 Å². The number of nitrogens with zero attached hydrogens (tertiary/aromatic N) is 5. The first-order valence-corrected chi connectivity index (χ1v) is 7.53. The van der Waals surface area contributed by atoms with Gasteiger partial charge in [0, 0.05) is 26.2 Å². The van der Waals surface area contributed by atoms with Crippen LogP contribution in [0.15, 0.2) is 54.5 Å². The highest BCUT2D eigenvalue weighted by molar-refractivity contribution is 5.77. The molecule has 24 heavy (non-hydrogen) atoms. The number of allylic oxidation sites excluding steroid dienone is 2. The highest BCUT2D eigenvalue weighted by atomic mass is 16.5. The smallest absolute Gasteiger partial charge is 0.233 e. The largest absolute Gasteiger partial charge is 0.486 e. The molecule has 1 aliphatic rings. The number of hydrogen-bond acceptors (Lipinski definition) is 6. The van der Waals surface area contributed by atoms with E-state index in [0.717, 1.165) is 5.57 Å². The molecule has 1 saturated heterocycles. The number of piperazine rings is 1. The number of guanidine groups is 1. The zero-order chi connectivity index (χ0) is 17.4. The van der Waals surface area contributed by atoms with E-state index >= 15 is 0 Å². The van der Waals surface area contributed by atoms with E-state index in [1.165, 1.54) is 0 Å². The summed E-state index contributed by atoms with van der Waals surface area (Å²) in [5.41, 5.74) is 6.41. The van der Waals surface area contributed by atoms with Crippen LogP contribution in [-0.4, -0.2) is 58.8 Å². The van der Waals surface area contributed by atoms with Crippen molar-refractivity contribution in [2.24, 2.45) is 10.9 Å². The van der Waals surface area contributed by atoms with E-state index in [1.54, 1.807) is 29.4 Å². The Bertz CT molecular complexity index is 618. The summed E-state index contributed by atoms with van der Waals surface area (Å²) in [5, 5.41) is 11.7. The maximum absolute atomic E-state index is 8.69. The summed E-state index contributed by atoms with van der Waals surface area (Å²) in [7, 11) is 0. The topological polar surface area (TPSA) is 100 Å². The van der Waals surface area contributed by atoms with Gasteiger partial charge in [0.1, 0.15) is 6.61 Å². The normalized spacial score (nSPS) is 15.6. The van der Waals surface area contributed by atoms with Crippen molar-refractivity contribution in [3.63, 3.8) is 0 Å². The molecule has 0 radical (unpaired) electrons. The van der Waals surface area contributed by atoms with Gasteiger partial charge in [-0.25, -0.2) is 9.97 Å². The molecule has 2 rings (SSSR count). The molecule has 1 aliphatic heterocycles. The number of anilines is 1. The lowest BCUT2D eigenvalue weighted by Gasteiger charge is -2.34. The van der Waals surface area contributed by atoms with E-state index < -0.39 is 0 Å². The zero-order valence-corrected chi connectivity index (χ0v) is 13.5. The molecule has 0 amide bonds. The fraction of sp³-hybridized carbons (Fsp3) is 0.312. The summed E-state index contributed by atoms with van der Waals surface area (Å²) in [5.74, 6) is 1.35. The Morgan fingerprint density at radius 2 is 2.00 bits per heavy atom. The fourth-order valence-corrected chi connectivity index (χ4v) is 2.17. The Labute approximate surface area is 141 Å². The van der Waals surface area contributed by atoms with Crippen molar-refractivity contribution in [2.75, 3.05) is 37.7 Å². The third-order valence-electron chi connectivity index (χ3n) is 3.50. The van der Waals surface area contributed by atoms with Crippen LogP contribution in [0.5, 0.6) is 5.75 Å². The molecule has 0 aromatic carbocycles. The second kappa shape index (κ2) is 8.56. The first-order valence-electron chi connectivity index (χ1n) is 7.53. The Hall–Kier alpha value is -3.03. The average molecular weight is 330 g/mol. The average Bonchev–Trinajstić information content (AvgIpc) is 2.64. The van der Waals surface area contributed by atoms with E-state index in [-0.39, 0.29) is 5.96 Å². The molecule has 8 heteroatoms. The van der Waals surface area contributed by atoms with Crippen LogP contribution >= 0.6 is 0 Å². The van der Waals surface area contributed by atoms with Crippen molar-refractivity contribution >= 4 is 11.9 Å². The number of ether oxygens (including phenoxy) is 1. The predicted molar refractivity (Wildman–Crippen MR) is 93.2 cm³/mol. The first-order chi connectivity index (χ1) is 11.6. The molecule has 0 saturated carbocycles. The molecule has 0 bridgehead atoms. The van der Waals surface area contributed by atoms with Gasteiger partial charge in [-0.1, -0.05) is 36.5 Å². The number of nitrogens with two attached hydrogens (primary N) is 1. The molecule has 0 aliphatic carbocycles. The lowest BCUT2D eigenvalue weighted by atomic mass is 10.3. The molecule has 1 aromatic rings. The number of aromatic nitrogens is 2. The summed E-state index contributed by atoms with van der Waals surface area (Å²) in [6, 6.07) is 0. The van der Waals surface area contributed by atoms with Crippen LogP contribution in [0, 0.1) is 0 Å². The molecule has 0 unspecified atom stereocenters. The monoisotopic (exact) mass is 330 g/mol. The summed E-state index contributed by atoms with van der Waals surface area (Å²) < 4.78 is 5.57. The van der Waals surface area contributed by atoms with E-state index in [9.17, 15) is 0 Å². The summed E-state index contributed by atoms with van der Waals surface area (Å²) in [6.45, 7) is 10.5. The fourth-order valence-electron chi connectivity index (χ4n) is 2.17. The molecule has 3 N–H and O–H groups in total. The van der Waals surface area contributed by atoms with Gasteiger partial charge in [0.25, 0.3) is 0 Å². The van der Waals surface area contributed by atoms with Crippen LogP contribution < -0.4 is 15.4 Å². The van der Waals surface area contributed by atoms with Crippen LogP contribution in [0.2, 0.25) is 0 Å². The highest BCUT2D eigenvalue weighted by Crippen LogP contribution is 2.14. The van der Waals surface area contributed by atoms with Gasteiger partial charge in [-0.05, 0) is 5.57 Å². The summed E-state index contributed by atoms with van der Waals surface area (Å²) in [4.78, 5) is 12.5. The molecule has 2 heterocycles. The molecule has 128 valence electrons. The maximum Gasteiger partial charge on any atom is 0.233 e. The van der Waals surface area contributed by atoms with Gasteiger partial charge in [0.15, 0.2) is 5.75 Å². The van der Waals surface area contributed by atoms with Crippen molar-refractivity contribution in [3.8, 4) is 5.75 Å². The third kappa shape index (κ3) is 4.73. The standard InChI is InChI=1S/C16H22N6O2/c1-3-4-5-13(2)12-24-14-10-18-16(19-11-14)22-8-6-21(7-9-22)15(17)20-23/h3-5,10-11,23H,1-2,6-9,12H2,(H2,17,20)/b5-4-. The third-order valence-corrected chi connectivity index (χ3v) is 3.50. The predicted octanol–water partition coefficient (Wildman–Crippen LogP) is 0.980. The Kier molecular flexibility index (Phi) is 6.18. The summed E-state index contributed by atoms with van der Waals surface area (Å²) >= 11 is 0. The van der Waals surface area contributed by atoms with Gasteiger partial charge in [-0.2, -0.15) is 0 Å². The van der Waals surface area contributed by atoms with Gasteiger partial charge in [-0.15, -0.1) is 0 Å². The molecular formula is C16H22N6O2. The lowest BCUT2D eigenvalue weighted by Crippen LogP contribution is -2.51. The quantitative estimate of drug-likeness (QED) is 0.264. The van der Waals surface area contributed by atoms with E-state index in [2.05, 4.69) is 28.3 Å². The molecule has 8 nitrogen and oxygen atoms in total. The van der Waals surface area contributed by atoms with Crippen molar-refractivity contribution in [1.29, 1.82) is 0 Å². The molecule has 1 aromatic heterocycles. The van der Waals surface area contributed by atoms with E-state index in [4.69, 9.17) is 15.7 Å². The second-order valence-electron chi connectivity index (χ2n) is 5.19. The minimum absolute atomic E-state index is 0.130. The van der Waals surface area contributed by atoms with Gasteiger partial charge in [0.2, 0.25) is 11.9 Å². The second-order valence-corrected chi connectivity index (χ2v) is 5.19. The first kappa shape index (κ1) is 17.3. The van der Waals surface area contributed by atoms with Crippen LogP contribution in [-0.2, 0) is 0 Å². The maximum atomic E-state index is 8.69. The molecule has 0 spiro atoms. The minimum atomic E-state index is 0.130.